The molecule has 0 amide bonds. The van der Waals surface area contributed by atoms with E-state index >= 15 is 0 Å². The Bertz CT molecular complexity index is 409. The molecule has 0 spiro atoms. The second kappa shape index (κ2) is 15.4. The van der Waals surface area contributed by atoms with Gasteiger partial charge in [0, 0.05) is 21.7 Å². The molecule has 0 aliphatic carbocycles. The Morgan fingerprint density at radius 2 is 1.35 bits per heavy atom. The summed E-state index contributed by atoms with van der Waals surface area (Å²) in [6.45, 7) is 2.26. The van der Waals surface area contributed by atoms with Crippen molar-refractivity contribution in [1.82, 2.24) is 0 Å². The first-order valence-corrected chi connectivity index (χ1v) is 9.59. The number of aryl methyl sites for hydroxylation is 1. The van der Waals surface area contributed by atoms with Gasteiger partial charge < -0.3 is 8.74 Å². The molecule has 1 atom stereocenters. The van der Waals surface area contributed by atoms with Gasteiger partial charge in [0.2, 0.25) is 0 Å². The molecule has 0 heterocycles. The first-order valence-electron chi connectivity index (χ1n) is 8.59. The normalized spacial score (nSPS) is 11.7. The maximum Gasteiger partial charge on any atom is 0.139 e. The summed E-state index contributed by atoms with van der Waals surface area (Å²) in [4.78, 5) is 0. The zero-order valence-electron chi connectivity index (χ0n) is 14.2. The van der Waals surface area contributed by atoms with Crippen molar-refractivity contribution in [2.45, 2.75) is 77.6 Å². The molecule has 23 heavy (non-hydrogen) atoms. The van der Waals surface area contributed by atoms with E-state index in [4.69, 9.17) is 0 Å². The van der Waals surface area contributed by atoms with E-state index in [0.29, 0.717) is 5.75 Å². The Kier molecular flexibility index (Phi) is 15.3. The number of hydrogen-bond donors (Lipinski definition) is 0. The predicted molar refractivity (Wildman–Crippen MR) is 91.5 cm³/mol. The predicted octanol–water partition coefficient (Wildman–Crippen LogP) is 5.32. The third-order valence-electron chi connectivity index (χ3n) is 3.91. The summed E-state index contributed by atoms with van der Waals surface area (Å²) in [7, 11) is 0. The molecule has 1 unspecified atom stereocenters. The van der Waals surface area contributed by atoms with Crippen LogP contribution in [-0.2, 0) is 39.5 Å². The van der Waals surface area contributed by atoms with Crippen LogP contribution in [-0.4, -0.2) is 8.76 Å². The molecule has 1 aromatic rings. The van der Waals surface area contributed by atoms with Crippen molar-refractivity contribution in [3.8, 4) is 5.75 Å². The zero-order chi connectivity index (χ0) is 16.0. The van der Waals surface area contributed by atoms with Crippen molar-refractivity contribution in [3.63, 3.8) is 0 Å². The van der Waals surface area contributed by atoms with Crippen LogP contribution in [0.15, 0.2) is 24.3 Å². The minimum absolute atomic E-state index is 0. The van der Waals surface area contributed by atoms with E-state index in [1.54, 1.807) is 12.1 Å². The number of rotatable bonds is 13. The van der Waals surface area contributed by atoms with Crippen molar-refractivity contribution < 1.29 is 34.7 Å². The molecular formula is C18H29O3STi-. The largest absolute Gasteiger partial charge is 0.740 e. The van der Waals surface area contributed by atoms with Gasteiger partial charge in [0.05, 0.1) is 0 Å². The van der Waals surface area contributed by atoms with Crippen LogP contribution in [0, 0.1) is 0 Å². The Balaban J connectivity index is 0.00000484. The van der Waals surface area contributed by atoms with Crippen LogP contribution >= 0.6 is 0 Å². The van der Waals surface area contributed by atoms with E-state index in [2.05, 4.69) is 11.1 Å². The molecular weight excluding hydrogens is 344 g/mol. The monoisotopic (exact) mass is 373 g/mol. The number of benzene rings is 1. The first-order chi connectivity index (χ1) is 10.7. The first kappa shape index (κ1) is 22.8. The van der Waals surface area contributed by atoms with Gasteiger partial charge in [-0.3, -0.25) is 0 Å². The fourth-order valence-corrected chi connectivity index (χ4v) is 2.88. The van der Waals surface area contributed by atoms with Crippen LogP contribution in [0.4, 0.5) is 0 Å². The minimum Gasteiger partial charge on any atom is -0.740 e. The van der Waals surface area contributed by atoms with Crippen LogP contribution in [0.3, 0.4) is 0 Å². The average Bonchev–Trinajstić information content (AvgIpc) is 2.50. The second-order valence-electron chi connectivity index (χ2n) is 5.86. The van der Waals surface area contributed by atoms with Crippen LogP contribution in [0.5, 0.6) is 5.75 Å². The van der Waals surface area contributed by atoms with Gasteiger partial charge in [-0.15, -0.1) is 0 Å². The SMILES string of the molecule is CCCCCCCCCCCCc1ccc(OS(=O)[O-])cc1.[Ti]. The fraction of sp³-hybridized carbons (Fsp3) is 0.667. The fourth-order valence-electron chi connectivity index (χ4n) is 2.61. The van der Waals surface area contributed by atoms with Crippen LogP contribution in [0.2, 0.25) is 0 Å². The molecule has 1 aromatic carbocycles. The summed E-state index contributed by atoms with van der Waals surface area (Å²) in [5, 5.41) is 0. The summed E-state index contributed by atoms with van der Waals surface area (Å²) < 4.78 is 25.4. The van der Waals surface area contributed by atoms with Crippen molar-refractivity contribution >= 4 is 11.4 Å². The van der Waals surface area contributed by atoms with Crippen LogP contribution in [0.25, 0.3) is 0 Å². The molecule has 0 aliphatic rings. The smallest absolute Gasteiger partial charge is 0.139 e. The molecule has 130 valence electrons. The van der Waals surface area contributed by atoms with Crippen LogP contribution in [0.1, 0.15) is 76.7 Å². The third-order valence-corrected chi connectivity index (χ3v) is 4.24. The molecule has 3 nitrogen and oxygen atoms in total. The van der Waals surface area contributed by atoms with Crippen LogP contribution < -0.4 is 4.18 Å². The molecule has 0 saturated heterocycles. The quantitative estimate of drug-likeness (QED) is 0.267. The van der Waals surface area contributed by atoms with E-state index in [-0.39, 0.29) is 21.7 Å². The number of hydrogen-bond acceptors (Lipinski definition) is 3. The van der Waals surface area contributed by atoms with Gasteiger partial charge in [-0.2, -0.15) is 0 Å². The topological polar surface area (TPSA) is 49.4 Å². The van der Waals surface area contributed by atoms with Crippen molar-refractivity contribution in [3.05, 3.63) is 29.8 Å². The molecule has 0 radical (unpaired) electrons. The molecule has 0 saturated carbocycles. The van der Waals surface area contributed by atoms with E-state index in [9.17, 15) is 8.76 Å². The van der Waals surface area contributed by atoms with Gasteiger partial charge in [0.1, 0.15) is 17.1 Å². The summed E-state index contributed by atoms with van der Waals surface area (Å²) in [5.74, 6) is 0.375. The second-order valence-corrected chi connectivity index (χ2v) is 6.44. The van der Waals surface area contributed by atoms with Crippen molar-refractivity contribution in [2.24, 2.45) is 0 Å². The van der Waals surface area contributed by atoms with E-state index < -0.39 is 11.4 Å². The Hall–Kier alpha value is -0.156. The zero-order valence-corrected chi connectivity index (χ0v) is 16.6. The average molecular weight is 373 g/mol. The molecule has 0 aromatic heterocycles. The Morgan fingerprint density at radius 3 is 1.83 bits per heavy atom. The molecule has 1 rings (SSSR count). The van der Waals surface area contributed by atoms with Gasteiger partial charge in [0.15, 0.2) is 0 Å². The van der Waals surface area contributed by atoms with E-state index in [1.807, 2.05) is 12.1 Å². The maximum atomic E-state index is 10.4. The van der Waals surface area contributed by atoms with Crippen molar-refractivity contribution in [1.29, 1.82) is 0 Å². The Morgan fingerprint density at radius 1 is 0.870 bits per heavy atom. The van der Waals surface area contributed by atoms with Gasteiger partial charge in [0.25, 0.3) is 0 Å². The summed E-state index contributed by atoms with van der Waals surface area (Å²) in [6, 6.07) is 7.30. The maximum absolute atomic E-state index is 10.4. The Labute approximate surface area is 159 Å². The summed E-state index contributed by atoms with van der Waals surface area (Å²) in [6.07, 6.45) is 14.5. The molecule has 5 heteroatoms. The van der Waals surface area contributed by atoms with Gasteiger partial charge in [-0.05, 0) is 30.5 Å². The summed E-state index contributed by atoms with van der Waals surface area (Å²) >= 11 is -2.49. The molecule has 0 fully saturated rings. The standard InChI is InChI=1S/C18H30O3S.Ti/c1-2-3-4-5-6-7-8-9-10-11-12-17-13-15-18(16-14-17)21-22(19)20;/h13-16H,2-12H2,1H3,(H,19,20);/p-1. The van der Waals surface area contributed by atoms with Gasteiger partial charge in [-0.1, -0.05) is 76.8 Å². The van der Waals surface area contributed by atoms with E-state index in [0.717, 1.165) is 6.42 Å². The number of unbranched alkanes of at least 4 members (excludes halogenated alkanes) is 9. The summed E-state index contributed by atoms with van der Waals surface area (Å²) in [5.41, 5.74) is 1.24. The molecule has 0 bridgehead atoms. The minimum atomic E-state index is -2.49. The van der Waals surface area contributed by atoms with E-state index in [1.165, 1.54) is 69.8 Å². The molecule has 0 N–H and O–H groups in total. The van der Waals surface area contributed by atoms with Gasteiger partial charge in [-0.25, -0.2) is 4.21 Å². The third kappa shape index (κ3) is 12.9. The molecule has 0 aliphatic heterocycles. The van der Waals surface area contributed by atoms with Crippen molar-refractivity contribution in [2.75, 3.05) is 0 Å². The van der Waals surface area contributed by atoms with Gasteiger partial charge >= 0.3 is 0 Å².